The molecule has 0 bridgehead atoms. The summed E-state index contributed by atoms with van der Waals surface area (Å²) in [6.07, 6.45) is 6.74. The minimum absolute atomic E-state index is 0.207. The SMILES string of the molecule is CCC(NC(=O)C(CSc1cccc2cccnc12)NS(C)(=O)=O)C(O)CC1CCC(C)CC1C. The van der Waals surface area contributed by atoms with Crippen LogP contribution in [-0.2, 0) is 14.8 Å². The van der Waals surface area contributed by atoms with Crippen LogP contribution in [0.15, 0.2) is 41.4 Å². The van der Waals surface area contributed by atoms with Gasteiger partial charge in [0.15, 0.2) is 0 Å². The minimum Gasteiger partial charge on any atom is -0.391 e. The van der Waals surface area contributed by atoms with Crippen molar-refractivity contribution < 1.29 is 18.3 Å². The number of para-hydroxylation sites is 1. The highest BCUT2D eigenvalue weighted by molar-refractivity contribution is 7.99. The van der Waals surface area contributed by atoms with Gasteiger partial charge in [0.1, 0.15) is 6.04 Å². The van der Waals surface area contributed by atoms with Gasteiger partial charge >= 0.3 is 0 Å². The lowest BCUT2D eigenvalue weighted by Crippen LogP contribution is -2.53. The van der Waals surface area contributed by atoms with Crippen molar-refractivity contribution in [1.82, 2.24) is 15.0 Å². The van der Waals surface area contributed by atoms with Gasteiger partial charge in [-0.25, -0.2) is 13.1 Å². The highest BCUT2D eigenvalue weighted by Gasteiger charge is 2.31. The van der Waals surface area contributed by atoms with Crippen molar-refractivity contribution in [3.8, 4) is 0 Å². The molecular formula is C26H39N3O4S2. The number of hydrogen-bond acceptors (Lipinski definition) is 6. The average Bonchev–Trinajstić information content (AvgIpc) is 2.81. The summed E-state index contributed by atoms with van der Waals surface area (Å²) in [6.45, 7) is 6.45. The summed E-state index contributed by atoms with van der Waals surface area (Å²) in [6, 6.07) is 8.23. The van der Waals surface area contributed by atoms with Crippen LogP contribution in [0.25, 0.3) is 10.9 Å². The molecule has 6 atom stereocenters. The third-order valence-electron chi connectivity index (χ3n) is 7.06. The largest absolute Gasteiger partial charge is 0.391 e. The number of aromatic nitrogens is 1. The molecule has 1 fully saturated rings. The molecule has 2 aromatic rings. The summed E-state index contributed by atoms with van der Waals surface area (Å²) in [5, 5.41) is 14.9. The molecule has 0 saturated heterocycles. The third kappa shape index (κ3) is 8.17. The molecule has 1 aliphatic rings. The molecule has 1 heterocycles. The smallest absolute Gasteiger partial charge is 0.239 e. The Hall–Kier alpha value is -1.68. The normalized spacial score (nSPS) is 23.5. The van der Waals surface area contributed by atoms with E-state index in [1.807, 2.05) is 37.3 Å². The molecule has 194 valence electrons. The number of aliphatic hydroxyl groups is 1. The summed E-state index contributed by atoms with van der Waals surface area (Å²) >= 11 is 1.39. The van der Waals surface area contributed by atoms with Gasteiger partial charge in [0, 0.05) is 22.2 Å². The first-order valence-electron chi connectivity index (χ1n) is 12.5. The molecule has 1 aromatic carbocycles. The van der Waals surface area contributed by atoms with Crippen LogP contribution in [0.1, 0.15) is 52.9 Å². The Balaban J connectivity index is 1.67. The van der Waals surface area contributed by atoms with Crippen LogP contribution >= 0.6 is 11.8 Å². The number of fused-ring (bicyclic) bond motifs is 1. The van der Waals surface area contributed by atoms with E-state index in [-0.39, 0.29) is 5.75 Å². The number of carbonyl (C=O) groups excluding carboxylic acids is 1. The van der Waals surface area contributed by atoms with E-state index in [1.165, 1.54) is 24.6 Å². The maximum atomic E-state index is 13.2. The lowest BCUT2D eigenvalue weighted by atomic mass is 9.73. The topological polar surface area (TPSA) is 108 Å². The van der Waals surface area contributed by atoms with Gasteiger partial charge in [0.05, 0.1) is 23.9 Å². The molecule has 35 heavy (non-hydrogen) atoms. The van der Waals surface area contributed by atoms with Crippen molar-refractivity contribution in [2.45, 2.75) is 76.0 Å². The molecule has 1 aliphatic carbocycles. The van der Waals surface area contributed by atoms with Gasteiger partial charge in [-0.05, 0) is 55.6 Å². The number of pyridine rings is 1. The molecule has 0 spiro atoms. The number of thioether (sulfide) groups is 1. The molecule has 1 aromatic heterocycles. The fraction of sp³-hybridized carbons (Fsp3) is 0.615. The van der Waals surface area contributed by atoms with Crippen molar-refractivity contribution in [3.63, 3.8) is 0 Å². The number of rotatable bonds is 11. The number of hydrogen-bond donors (Lipinski definition) is 3. The molecule has 9 heteroatoms. The van der Waals surface area contributed by atoms with E-state index in [4.69, 9.17) is 0 Å². The molecule has 0 radical (unpaired) electrons. The van der Waals surface area contributed by atoms with E-state index >= 15 is 0 Å². The quantitative estimate of drug-likeness (QED) is 0.386. The Labute approximate surface area is 213 Å². The Morgan fingerprint density at radius 1 is 1.23 bits per heavy atom. The number of benzene rings is 1. The highest BCUT2D eigenvalue weighted by Crippen LogP contribution is 2.36. The highest BCUT2D eigenvalue weighted by atomic mass is 32.2. The van der Waals surface area contributed by atoms with Crippen LogP contribution in [0.5, 0.6) is 0 Å². The van der Waals surface area contributed by atoms with Gasteiger partial charge in [-0.15, -0.1) is 11.8 Å². The first kappa shape index (κ1) is 27.9. The fourth-order valence-electron chi connectivity index (χ4n) is 5.09. The van der Waals surface area contributed by atoms with Crippen LogP contribution in [-0.4, -0.2) is 54.6 Å². The van der Waals surface area contributed by atoms with Gasteiger partial charge in [0.25, 0.3) is 0 Å². The Morgan fingerprint density at radius 2 is 1.97 bits per heavy atom. The van der Waals surface area contributed by atoms with Crippen molar-refractivity contribution in [2.75, 3.05) is 12.0 Å². The molecular weight excluding hydrogens is 482 g/mol. The number of carbonyl (C=O) groups is 1. The standard InChI is InChI=1S/C26H39N3O4S2/c1-5-21(23(30)15-20-12-11-17(2)14-18(20)3)28-26(31)22(29-35(4,32)33)16-34-24-10-6-8-19-9-7-13-27-25(19)24/h6-10,13,17-18,20-23,29-30H,5,11-12,14-16H2,1-4H3,(H,28,31). The van der Waals surface area contributed by atoms with E-state index in [2.05, 4.69) is 28.9 Å². The molecule has 1 saturated carbocycles. The first-order chi connectivity index (χ1) is 16.6. The van der Waals surface area contributed by atoms with E-state index in [9.17, 15) is 18.3 Å². The number of nitrogens with zero attached hydrogens (tertiary/aromatic N) is 1. The summed E-state index contributed by atoms with van der Waals surface area (Å²) in [4.78, 5) is 18.5. The zero-order valence-electron chi connectivity index (χ0n) is 21.1. The minimum atomic E-state index is -3.62. The first-order valence-corrected chi connectivity index (χ1v) is 15.4. The summed E-state index contributed by atoms with van der Waals surface area (Å²) in [5.74, 6) is 1.49. The van der Waals surface area contributed by atoms with E-state index < -0.39 is 34.1 Å². The predicted molar refractivity (Wildman–Crippen MR) is 143 cm³/mol. The molecule has 0 aliphatic heterocycles. The molecule has 6 unspecified atom stereocenters. The number of amides is 1. The monoisotopic (exact) mass is 521 g/mol. The van der Waals surface area contributed by atoms with E-state index in [0.29, 0.717) is 24.7 Å². The maximum absolute atomic E-state index is 13.2. The van der Waals surface area contributed by atoms with Crippen LogP contribution in [0.2, 0.25) is 0 Å². The lowest BCUT2D eigenvalue weighted by molar-refractivity contribution is -0.124. The fourth-order valence-corrected chi connectivity index (χ4v) is 6.97. The summed E-state index contributed by atoms with van der Waals surface area (Å²) in [5.41, 5.74) is 0.816. The van der Waals surface area contributed by atoms with Crippen molar-refractivity contribution in [2.24, 2.45) is 17.8 Å². The number of sulfonamides is 1. The van der Waals surface area contributed by atoms with Crippen molar-refractivity contribution in [3.05, 3.63) is 36.5 Å². The van der Waals surface area contributed by atoms with Gasteiger partial charge in [0.2, 0.25) is 15.9 Å². The zero-order valence-corrected chi connectivity index (χ0v) is 22.7. The van der Waals surface area contributed by atoms with Gasteiger partial charge in [-0.3, -0.25) is 9.78 Å². The summed E-state index contributed by atoms with van der Waals surface area (Å²) < 4.78 is 26.5. The van der Waals surface area contributed by atoms with Gasteiger partial charge in [-0.1, -0.05) is 45.4 Å². The predicted octanol–water partition coefficient (Wildman–Crippen LogP) is 3.96. The van der Waals surface area contributed by atoms with Crippen LogP contribution < -0.4 is 10.0 Å². The number of nitrogens with one attached hydrogen (secondary N) is 2. The molecule has 7 nitrogen and oxygen atoms in total. The Kier molecular flexibility index (Phi) is 9.98. The van der Waals surface area contributed by atoms with Crippen LogP contribution in [0, 0.1) is 17.8 Å². The maximum Gasteiger partial charge on any atom is 0.239 e. The molecule has 1 amide bonds. The second-order valence-electron chi connectivity index (χ2n) is 10.1. The van der Waals surface area contributed by atoms with Gasteiger partial charge < -0.3 is 10.4 Å². The molecule has 3 N–H and O–H groups in total. The van der Waals surface area contributed by atoms with Gasteiger partial charge in [-0.2, -0.15) is 0 Å². The third-order valence-corrected chi connectivity index (χ3v) is 8.91. The van der Waals surface area contributed by atoms with Crippen molar-refractivity contribution in [1.29, 1.82) is 0 Å². The van der Waals surface area contributed by atoms with Crippen molar-refractivity contribution >= 4 is 38.6 Å². The second kappa shape index (κ2) is 12.5. The van der Waals surface area contributed by atoms with E-state index in [1.54, 1.807) is 6.20 Å². The Bertz CT molecular complexity index is 1090. The average molecular weight is 522 g/mol. The zero-order chi connectivity index (χ0) is 25.6. The second-order valence-corrected chi connectivity index (χ2v) is 12.9. The molecule has 3 rings (SSSR count). The summed E-state index contributed by atoms with van der Waals surface area (Å²) in [7, 11) is -3.62. The Morgan fingerprint density at radius 3 is 2.66 bits per heavy atom. The number of aliphatic hydroxyl groups excluding tert-OH is 1. The lowest BCUT2D eigenvalue weighted by Gasteiger charge is -2.35. The van der Waals surface area contributed by atoms with Crippen LogP contribution in [0.4, 0.5) is 0 Å². The van der Waals surface area contributed by atoms with Crippen LogP contribution in [0.3, 0.4) is 0 Å². The van der Waals surface area contributed by atoms with E-state index in [0.717, 1.165) is 34.4 Å².